The van der Waals surface area contributed by atoms with Gasteiger partial charge in [0.15, 0.2) is 0 Å². The zero-order valence-electron chi connectivity index (χ0n) is 11.9. The van der Waals surface area contributed by atoms with E-state index in [0.29, 0.717) is 12.0 Å². The Hall–Kier alpha value is -1.25. The third kappa shape index (κ3) is 3.62. The van der Waals surface area contributed by atoms with Crippen LogP contribution in [-0.4, -0.2) is 15.8 Å². The van der Waals surface area contributed by atoms with Crippen LogP contribution in [0, 0.1) is 5.92 Å². The van der Waals surface area contributed by atoms with Crippen molar-refractivity contribution in [1.82, 2.24) is 15.1 Å². The summed E-state index contributed by atoms with van der Waals surface area (Å²) in [5, 5.41) is 7.79. The predicted octanol–water partition coefficient (Wildman–Crippen LogP) is 3.24. The Morgan fingerprint density at radius 2 is 1.94 bits per heavy atom. The summed E-state index contributed by atoms with van der Waals surface area (Å²) < 4.78 is 1.97. The van der Waals surface area contributed by atoms with Gasteiger partial charge in [-0.3, -0.25) is 4.68 Å². The van der Waals surface area contributed by atoms with Gasteiger partial charge in [0.1, 0.15) is 0 Å². The number of nitrogens with one attached hydrogen (secondary N) is 1. The molecular formula is C14H25N3. The first-order chi connectivity index (χ1) is 7.71. The smallest absolute Gasteiger partial charge is 0.0583 e. The van der Waals surface area contributed by atoms with Crippen molar-refractivity contribution in [2.24, 2.45) is 5.92 Å². The molecule has 0 radical (unpaired) electrons. The van der Waals surface area contributed by atoms with Crippen molar-refractivity contribution < 1.29 is 0 Å². The highest BCUT2D eigenvalue weighted by atomic mass is 15.3. The van der Waals surface area contributed by atoms with Crippen LogP contribution in [0.3, 0.4) is 0 Å². The molecule has 1 atom stereocenters. The Balaban J connectivity index is 2.74. The normalized spacial score (nSPS) is 13.8. The lowest BCUT2D eigenvalue weighted by atomic mass is 10.1. The molecule has 0 saturated heterocycles. The molecule has 17 heavy (non-hydrogen) atoms. The van der Waals surface area contributed by atoms with E-state index in [-0.39, 0.29) is 5.54 Å². The zero-order chi connectivity index (χ0) is 13.2. The first-order valence-corrected chi connectivity index (χ1v) is 6.22. The van der Waals surface area contributed by atoms with Crippen molar-refractivity contribution in [2.45, 2.75) is 53.1 Å². The summed E-state index contributed by atoms with van der Waals surface area (Å²) in [6.45, 7) is 17.1. The maximum atomic E-state index is 4.38. The molecule has 0 aliphatic carbocycles. The Labute approximate surface area is 105 Å². The monoisotopic (exact) mass is 235 g/mol. The first kappa shape index (κ1) is 13.8. The van der Waals surface area contributed by atoms with E-state index in [0.717, 1.165) is 11.3 Å². The van der Waals surface area contributed by atoms with E-state index >= 15 is 0 Å². The summed E-state index contributed by atoms with van der Waals surface area (Å²) >= 11 is 0. The van der Waals surface area contributed by atoms with E-state index in [1.165, 1.54) is 0 Å². The average molecular weight is 235 g/mol. The van der Waals surface area contributed by atoms with E-state index in [1.807, 2.05) is 17.1 Å². The number of hydrogen-bond donors (Lipinski definition) is 1. The molecule has 0 spiro atoms. The van der Waals surface area contributed by atoms with Gasteiger partial charge < -0.3 is 5.32 Å². The fraction of sp³-hybridized carbons (Fsp3) is 0.643. The minimum Gasteiger partial charge on any atom is -0.382 e. The van der Waals surface area contributed by atoms with Crippen LogP contribution in [0.4, 0.5) is 0 Å². The molecule has 1 rings (SSSR count). The van der Waals surface area contributed by atoms with E-state index < -0.39 is 0 Å². The molecule has 96 valence electrons. The van der Waals surface area contributed by atoms with Gasteiger partial charge in [0, 0.05) is 23.5 Å². The molecular weight excluding hydrogens is 210 g/mol. The van der Waals surface area contributed by atoms with Crippen LogP contribution < -0.4 is 5.32 Å². The molecule has 3 heteroatoms. The number of aromatic nitrogens is 2. The third-order valence-electron chi connectivity index (χ3n) is 3.02. The lowest BCUT2D eigenvalue weighted by Crippen LogP contribution is -2.29. The summed E-state index contributed by atoms with van der Waals surface area (Å²) in [6.07, 6.45) is 3.91. The van der Waals surface area contributed by atoms with Crippen LogP contribution in [0.15, 0.2) is 19.0 Å². The van der Waals surface area contributed by atoms with Crippen molar-refractivity contribution in [2.75, 3.05) is 0 Å². The van der Waals surface area contributed by atoms with E-state index in [9.17, 15) is 0 Å². The highest BCUT2D eigenvalue weighted by Crippen LogP contribution is 2.17. The number of rotatable bonds is 4. The third-order valence-corrected chi connectivity index (χ3v) is 3.02. The molecule has 1 aromatic heterocycles. The Bertz CT molecular complexity index is 382. The molecule has 0 amide bonds. The van der Waals surface area contributed by atoms with Gasteiger partial charge >= 0.3 is 0 Å². The Morgan fingerprint density at radius 1 is 1.35 bits per heavy atom. The number of hydrogen-bond acceptors (Lipinski definition) is 2. The second kappa shape index (κ2) is 4.94. The predicted molar refractivity (Wildman–Crippen MR) is 73.7 cm³/mol. The van der Waals surface area contributed by atoms with Crippen molar-refractivity contribution in [3.8, 4) is 0 Å². The van der Waals surface area contributed by atoms with Crippen molar-refractivity contribution in [3.63, 3.8) is 0 Å². The lowest BCUT2D eigenvalue weighted by Gasteiger charge is -2.20. The highest BCUT2D eigenvalue weighted by molar-refractivity contribution is 5.60. The van der Waals surface area contributed by atoms with Crippen LogP contribution >= 0.6 is 0 Å². The minimum absolute atomic E-state index is 0.0161. The molecule has 1 N–H and O–H groups in total. The summed E-state index contributed by atoms with van der Waals surface area (Å²) in [4.78, 5) is 0. The molecule has 0 aliphatic rings. The zero-order valence-corrected chi connectivity index (χ0v) is 11.9. The minimum atomic E-state index is 0.0161. The van der Waals surface area contributed by atoms with Gasteiger partial charge in [-0.2, -0.15) is 5.10 Å². The summed E-state index contributed by atoms with van der Waals surface area (Å²) in [6, 6.07) is 0.417. The summed E-state index contributed by atoms with van der Waals surface area (Å²) in [5.74, 6) is 0.587. The standard InChI is InChI=1S/C14H25N3/c1-10(2)11(3)16-12(4)13-8-15-17(9-13)14(5,6)7/h8-11,16H,4H2,1-3,5-7H3/t11-/m1/s1. The largest absolute Gasteiger partial charge is 0.382 e. The van der Waals surface area contributed by atoms with Crippen LogP contribution in [0.5, 0.6) is 0 Å². The van der Waals surface area contributed by atoms with Gasteiger partial charge in [0.25, 0.3) is 0 Å². The molecule has 1 heterocycles. The van der Waals surface area contributed by atoms with Gasteiger partial charge in [-0.25, -0.2) is 0 Å². The van der Waals surface area contributed by atoms with Crippen LogP contribution in [-0.2, 0) is 5.54 Å². The van der Waals surface area contributed by atoms with Crippen molar-refractivity contribution in [1.29, 1.82) is 0 Å². The average Bonchev–Trinajstić information content (AvgIpc) is 2.65. The van der Waals surface area contributed by atoms with Crippen molar-refractivity contribution >= 4 is 5.70 Å². The van der Waals surface area contributed by atoms with Crippen molar-refractivity contribution in [3.05, 3.63) is 24.5 Å². The Kier molecular flexibility index (Phi) is 4.02. The maximum Gasteiger partial charge on any atom is 0.0583 e. The molecule has 0 fully saturated rings. The Morgan fingerprint density at radius 3 is 2.35 bits per heavy atom. The molecule has 0 aliphatic heterocycles. The van der Waals surface area contributed by atoms with Gasteiger partial charge in [-0.15, -0.1) is 0 Å². The van der Waals surface area contributed by atoms with E-state index in [1.54, 1.807) is 0 Å². The molecule has 0 saturated carbocycles. The highest BCUT2D eigenvalue weighted by Gasteiger charge is 2.15. The van der Waals surface area contributed by atoms with Gasteiger partial charge in [-0.1, -0.05) is 20.4 Å². The molecule has 0 unspecified atom stereocenters. The summed E-state index contributed by atoms with van der Waals surface area (Å²) in [7, 11) is 0. The van der Waals surface area contributed by atoms with Crippen LogP contribution in [0.2, 0.25) is 0 Å². The second-order valence-electron chi connectivity index (χ2n) is 6.00. The van der Waals surface area contributed by atoms with E-state index in [4.69, 9.17) is 0 Å². The summed E-state index contributed by atoms with van der Waals surface area (Å²) in [5.41, 5.74) is 2.02. The SMILES string of the molecule is C=C(N[C@H](C)C(C)C)c1cnn(C(C)(C)C)c1. The molecule has 3 nitrogen and oxygen atoms in total. The van der Waals surface area contributed by atoms with Gasteiger partial charge in [-0.05, 0) is 33.6 Å². The first-order valence-electron chi connectivity index (χ1n) is 6.22. The van der Waals surface area contributed by atoms with E-state index in [2.05, 4.69) is 58.5 Å². The van der Waals surface area contributed by atoms with Gasteiger partial charge in [0.05, 0.1) is 11.7 Å². The molecule has 1 aromatic rings. The second-order valence-corrected chi connectivity index (χ2v) is 6.00. The van der Waals surface area contributed by atoms with Crippen LogP contribution in [0.1, 0.15) is 47.1 Å². The number of nitrogens with zero attached hydrogens (tertiary/aromatic N) is 2. The fourth-order valence-electron chi connectivity index (χ4n) is 1.37. The quantitative estimate of drug-likeness (QED) is 0.868. The molecule has 0 aromatic carbocycles. The topological polar surface area (TPSA) is 29.9 Å². The van der Waals surface area contributed by atoms with Crippen LogP contribution in [0.25, 0.3) is 5.70 Å². The lowest BCUT2D eigenvalue weighted by molar-refractivity contribution is 0.355. The molecule has 0 bridgehead atoms. The maximum absolute atomic E-state index is 4.38. The van der Waals surface area contributed by atoms with Gasteiger partial charge in [0.2, 0.25) is 0 Å². The fourth-order valence-corrected chi connectivity index (χ4v) is 1.37.